The van der Waals surface area contributed by atoms with Crippen molar-refractivity contribution in [1.29, 1.82) is 0 Å². The molecule has 246 valence electrons. The van der Waals surface area contributed by atoms with E-state index in [1.165, 1.54) is 0 Å². The first-order valence-corrected chi connectivity index (χ1v) is 14.7. The summed E-state index contributed by atoms with van der Waals surface area (Å²) in [5.41, 5.74) is 1.52. The molecule has 0 unspecified atom stereocenters. The molecule has 2 aromatic carbocycles. The fourth-order valence-corrected chi connectivity index (χ4v) is 3.91. The van der Waals surface area contributed by atoms with Gasteiger partial charge in [0.05, 0.1) is 0 Å². The first-order chi connectivity index (χ1) is 21.5. The average molecular weight is 631 g/mol. The van der Waals surface area contributed by atoms with Crippen molar-refractivity contribution in [2.24, 2.45) is 11.8 Å². The molecule has 4 atom stereocenters. The number of hydrogen-bond donors (Lipinski definition) is 3. The number of carbonyl (C=O) groups excluding carboxylic acids is 4. The van der Waals surface area contributed by atoms with Crippen molar-refractivity contribution >= 4 is 30.3 Å². The third kappa shape index (κ3) is 13.6. The molecule has 3 N–H and O–H groups in total. The second-order valence-electron chi connectivity index (χ2n) is 10.4. The molecule has 0 heterocycles. The maximum Gasteiger partial charge on any atom is 0.506 e. The highest BCUT2D eigenvalue weighted by atomic mass is 16.7. The Balaban J connectivity index is 1.96. The number of carbonyl (C=O) groups is 5. The summed E-state index contributed by atoms with van der Waals surface area (Å²) in [6, 6.07) is 15.7. The molecular weight excluding hydrogens is 588 g/mol. The molecule has 2 aromatic rings. The van der Waals surface area contributed by atoms with E-state index in [1.807, 2.05) is 26.0 Å². The number of amides is 2. The van der Waals surface area contributed by atoms with E-state index in [0.717, 1.165) is 11.1 Å². The molecule has 0 aliphatic carbocycles. The topological polar surface area (TPSA) is 176 Å². The Labute approximate surface area is 262 Å². The molecule has 0 saturated carbocycles. The van der Waals surface area contributed by atoms with Gasteiger partial charge in [0.1, 0.15) is 38.5 Å². The van der Waals surface area contributed by atoms with E-state index in [2.05, 4.69) is 10.6 Å². The fraction of sp³-hybridized carbons (Fsp3) is 0.469. The molecule has 2 rings (SSSR count). The van der Waals surface area contributed by atoms with Gasteiger partial charge < -0.3 is 39.4 Å². The monoisotopic (exact) mass is 630 g/mol. The number of hydrogen-bond acceptors (Lipinski definition) is 10. The van der Waals surface area contributed by atoms with Crippen LogP contribution in [0.15, 0.2) is 60.7 Å². The van der Waals surface area contributed by atoms with Gasteiger partial charge in [0.2, 0.25) is 0 Å². The van der Waals surface area contributed by atoms with Gasteiger partial charge in [0.15, 0.2) is 6.10 Å². The molecule has 0 aromatic heterocycles. The number of benzene rings is 2. The standard InChI is InChI=1S/C32H42N2O11/c1-5-21(3)26(33-30(37)43-17-23-13-9-7-10-14-23)28(35)41-19-25(45-32(39)40)20-42-29(36)27(22(4)6-2)34-31(38)44-18-24-15-11-8-12-16-24/h7-16,21-22,25-27H,5-6,17-20H2,1-4H3,(H,33,37)(H,34,38)(H,39,40)/t21-,22-,26-,27-/m0/s1. The molecule has 0 fully saturated rings. The second-order valence-corrected chi connectivity index (χ2v) is 10.4. The van der Waals surface area contributed by atoms with E-state index in [1.54, 1.807) is 62.4 Å². The van der Waals surface area contributed by atoms with Crippen LogP contribution in [0.2, 0.25) is 0 Å². The van der Waals surface area contributed by atoms with E-state index >= 15 is 0 Å². The van der Waals surface area contributed by atoms with Crippen LogP contribution < -0.4 is 10.6 Å². The Kier molecular flexibility index (Phi) is 15.7. The van der Waals surface area contributed by atoms with Gasteiger partial charge in [-0.15, -0.1) is 0 Å². The average Bonchev–Trinajstić information content (AvgIpc) is 3.05. The molecule has 45 heavy (non-hydrogen) atoms. The van der Waals surface area contributed by atoms with Crippen molar-refractivity contribution in [2.75, 3.05) is 13.2 Å². The van der Waals surface area contributed by atoms with Crippen molar-refractivity contribution in [2.45, 2.75) is 71.9 Å². The summed E-state index contributed by atoms with van der Waals surface area (Å²) in [4.78, 5) is 62.0. The predicted octanol–water partition coefficient (Wildman–Crippen LogP) is 4.82. The summed E-state index contributed by atoms with van der Waals surface area (Å²) in [6.45, 7) is 5.86. The lowest BCUT2D eigenvalue weighted by Gasteiger charge is -2.25. The Bertz CT molecular complexity index is 1140. The van der Waals surface area contributed by atoms with Gasteiger partial charge in [0, 0.05) is 0 Å². The summed E-state index contributed by atoms with van der Waals surface area (Å²) >= 11 is 0. The van der Waals surface area contributed by atoms with Crippen LogP contribution in [-0.4, -0.2) is 66.8 Å². The molecule has 0 spiro atoms. The third-order valence-corrected chi connectivity index (χ3v) is 7.00. The van der Waals surface area contributed by atoms with Crippen LogP contribution in [-0.2, 0) is 46.5 Å². The predicted molar refractivity (Wildman–Crippen MR) is 161 cm³/mol. The highest BCUT2D eigenvalue weighted by molar-refractivity contribution is 5.82. The first-order valence-electron chi connectivity index (χ1n) is 14.7. The highest BCUT2D eigenvalue weighted by Crippen LogP contribution is 2.13. The van der Waals surface area contributed by atoms with E-state index in [-0.39, 0.29) is 25.0 Å². The maximum absolute atomic E-state index is 12.9. The van der Waals surface area contributed by atoms with Gasteiger partial charge in [-0.3, -0.25) is 0 Å². The normalized spacial score (nSPS) is 13.4. The Morgan fingerprint density at radius 2 is 1.02 bits per heavy atom. The molecular formula is C32H42N2O11. The van der Waals surface area contributed by atoms with Crippen LogP contribution in [0.3, 0.4) is 0 Å². The van der Waals surface area contributed by atoms with E-state index in [9.17, 15) is 29.1 Å². The maximum atomic E-state index is 12.9. The largest absolute Gasteiger partial charge is 0.506 e. The van der Waals surface area contributed by atoms with Crippen LogP contribution >= 0.6 is 0 Å². The number of ether oxygens (including phenoxy) is 5. The Morgan fingerprint density at radius 3 is 1.36 bits per heavy atom. The van der Waals surface area contributed by atoms with Crippen molar-refractivity contribution in [1.82, 2.24) is 10.6 Å². The van der Waals surface area contributed by atoms with Crippen molar-refractivity contribution in [3.05, 3.63) is 71.8 Å². The SMILES string of the molecule is CC[C@H](C)[C@H](NC(=O)OCc1ccccc1)C(=O)OCC(COC(=O)[C@@H](NC(=O)OCc1ccccc1)[C@@H](C)CC)OC(=O)O. The fourth-order valence-electron chi connectivity index (χ4n) is 3.91. The van der Waals surface area contributed by atoms with Gasteiger partial charge in [-0.1, -0.05) is 101 Å². The zero-order chi connectivity index (χ0) is 33.2. The number of carboxylic acid groups (broad SMARTS) is 1. The van der Waals surface area contributed by atoms with E-state index in [4.69, 9.17) is 23.7 Å². The molecule has 0 aliphatic rings. The molecule has 0 saturated heterocycles. The summed E-state index contributed by atoms with van der Waals surface area (Å²) in [7, 11) is 0. The minimum Gasteiger partial charge on any atom is -0.460 e. The van der Waals surface area contributed by atoms with Crippen molar-refractivity contribution in [3.63, 3.8) is 0 Å². The smallest absolute Gasteiger partial charge is 0.460 e. The Hall–Kier alpha value is -4.81. The van der Waals surface area contributed by atoms with Gasteiger partial charge in [-0.2, -0.15) is 0 Å². The Morgan fingerprint density at radius 1 is 0.644 bits per heavy atom. The number of esters is 2. The summed E-state index contributed by atoms with van der Waals surface area (Å²) in [5.74, 6) is -2.43. The van der Waals surface area contributed by atoms with Crippen molar-refractivity contribution in [3.8, 4) is 0 Å². The molecule has 2 amide bonds. The quantitative estimate of drug-likeness (QED) is 0.161. The van der Waals surface area contributed by atoms with Crippen molar-refractivity contribution < 1.29 is 52.8 Å². The molecule has 0 aliphatic heterocycles. The number of nitrogens with one attached hydrogen (secondary N) is 2. The molecule has 0 radical (unpaired) electrons. The van der Waals surface area contributed by atoms with Gasteiger partial charge in [0.25, 0.3) is 0 Å². The van der Waals surface area contributed by atoms with Crippen LogP contribution in [0.1, 0.15) is 51.7 Å². The molecule has 13 heteroatoms. The zero-order valence-electron chi connectivity index (χ0n) is 25.9. The molecule has 0 bridgehead atoms. The lowest BCUT2D eigenvalue weighted by atomic mass is 9.99. The van der Waals surface area contributed by atoms with Gasteiger partial charge >= 0.3 is 30.3 Å². The third-order valence-electron chi connectivity index (χ3n) is 7.00. The van der Waals surface area contributed by atoms with Gasteiger partial charge in [-0.05, 0) is 23.0 Å². The second kappa shape index (κ2) is 19.5. The lowest BCUT2D eigenvalue weighted by Crippen LogP contribution is -2.48. The highest BCUT2D eigenvalue weighted by Gasteiger charge is 2.32. The van der Waals surface area contributed by atoms with Crippen LogP contribution in [0.5, 0.6) is 0 Å². The summed E-state index contributed by atoms with van der Waals surface area (Å²) < 4.78 is 25.7. The van der Waals surface area contributed by atoms with Gasteiger partial charge in [-0.25, -0.2) is 24.0 Å². The minimum absolute atomic E-state index is 0.00785. The summed E-state index contributed by atoms with van der Waals surface area (Å²) in [6.07, 6.45) is -3.74. The van der Waals surface area contributed by atoms with Crippen LogP contribution in [0, 0.1) is 11.8 Å². The number of alkyl carbamates (subject to hydrolysis) is 2. The van der Waals surface area contributed by atoms with Crippen LogP contribution in [0.25, 0.3) is 0 Å². The van der Waals surface area contributed by atoms with Crippen LogP contribution in [0.4, 0.5) is 14.4 Å². The lowest BCUT2D eigenvalue weighted by molar-refractivity contribution is -0.157. The minimum atomic E-state index is -1.69. The first kappa shape index (κ1) is 36.4. The molecule has 13 nitrogen and oxygen atoms in total. The van der Waals surface area contributed by atoms with E-state index in [0.29, 0.717) is 12.8 Å². The van der Waals surface area contributed by atoms with E-state index < -0.39 is 61.7 Å². The zero-order valence-corrected chi connectivity index (χ0v) is 25.9. The number of rotatable bonds is 17. The summed E-state index contributed by atoms with van der Waals surface area (Å²) in [5, 5.41) is 14.2.